The summed E-state index contributed by atoms with van der Waals surface area (Å²) < 4.78 is 0. The third-order valence-electron chi connectivity index (χ3n) is 4.01. The van der Waals surface area contributed by atoms with Crippen molar-refractivity contribution in [2.45, 2.75) is 6.92 Å². The van der Waals surface area contributed by atoms with Crippen LogP contribution < -0.4 is 10.6 Å². The second-order valence-corrected chi connectivity index (χ2v) is 5.95. The molecule has 8 heteroatoms. The fourth-order valence-corrected chi connectivity index (χ4v) is 2.57. The Bertz CT molecular complexity index is 1050. The van der Waals surface area contributed by atoms with Crippen molar-refractivity contribution >= 4 is 28.9 Å². The summed E-state index contributed by atoms with van der Waals surface area (Å²) in [5, 5.41) is 16.4. The minimum Gasteiger partial charge on any atom is -0.321 e. The number of carbonyl (C=O) groups is 2. The Morgan fingerprint density at radius 3 is 2.50 bits per heavy atom. The van der Waals surface area contributed by atoms with Crippen molar-refractivity contribution in [2.24, 2.45) is 0 Å². The molecule has 0 aliphatic carbocycles. The molecule has 0 atom stereocenters. The van der Waals surface area contributed by atoms with Crippen molar-refractivity contribution < 1.29 is 14.5 Å². The summed E-state index contributed by atoms with van der Waals surface area (Å²) in [6, 6.07) is 14.1. The zero-order chi connectivity index (χ0) is 20.1. The van der Waals surface area contributed by atoms with Crippen LogP contribution in [0.1, 0.15) is 26.3 Å². The standard InChI is InChI=1S/C20H16N4O4/c1-13-8-9-14(11-18(13)24(27)28)19(25)23-17-7-3-2-6-16(17)20(26)22-15-5-4-10-21-12-15/h2-12H,1H3,(H,22,26)(H,23,25). The van der Waals surface area contributed by atoms with E-state index in [9.17, 15) is 19.7 Å². The molecule has 3 rings (SSSR count). The number of pyridine rings is 1. The Kier molecular flexibility index (Phi) is 5.40. The van der Waals surface area contributed by atoms with Crippen LogP contribution in [0.3, 0.4) is 0 Å². The van der Waals surface area contributed by atoms with Gasteiger partial charge in [-0.2, -0.15) is 0 Å². The molecule has 0 aliphatic heterocycles. The van der Waals surface area contributed by atoms with Gasteiger partial charge in [0, 0.05) is 23.4 Å². The Hall–Kier alpha value is -4.07. The Morgan fingerprint density at radius 1 is 1.00 bits per heavy atom. The van der Waals surface area contributed by atoms with Gasteiger partial charge in [-0.15, -0.1) is 0 Å². The molecule has 0 radical (unpaired) electrons. The van der Waals surface area contributed by atoms with E-state index >= 15 is 0 Å². The number of aryl methyl sites for hydroxylation is 1. The second-order valence-electron chi connectivity index (χ2n) is 5.95. The Labute approximate surface area is 160 Å². The predicted octanol–water partition coefficient (Wildman–Crippen LogP) is 3.80. The van der Waals surface area contributed by atoms with Crippen molar-refractivity contribution in [3.8, 4) is 0 Å². The SMILES string of the molecule is Cc1ccc(C(=O)Nc2ccccc2C(=O)Nc2cccnc2)cc1[N+](=O)[O-]. The van der Waals surface area contributed by atoms with Crippen LogP contribution in [0.25, 0.3) is 0 Å². The molecule has 0 unspecified atom stereocenters. The molecule has 28 heavy (non-hydrogen) atoms. The molecule has 1 heterocycles. The van der Waals surface area contributed by atoms with E-state index < -0.39 is 16.7 Å². The van der Waals surface area contributed by atoms with Crippen molar-refractivity contribution in [1.29, 1.82) is 0 Å². The molecule has 0 aliphatic rings. The summed E-state index contributed by atoms with van der Waals surface area (Å²) in [6.45, 7) is 1.60. The van der Waals surface area contributed by atoms with E-state index in [2.05, 4.69) is 15.6 Å². The van der Waals surface area contributed by atoms with Crippen LogP contribution in [-0.4, -0.2) is 21.7 Å². The average Bonchev–Trinajstić information content (AvgIpc) is 2.69. The van der Waals surface area contributed by atoms with E-state index in [0.29, 0.717) is 11.3 Å². The topological polar surface area (TPSA) is 114 Å². The number of hydrogen-bond donors (Lipinski definition) is 2. The summed E-state index contributed by atoms with van der Waals surface area (Å²) in [5.74, 6) is -0.969. The quantitative estimate of drug-likeness (QED) is 0.519. The predicted molar refractivity (Wildman–Crippen MR) is 104 cm³/mol. The number of benzene rings is 2. The minimum absolute atomic E-state index is 0.125. The normalized spacial score (nSPS) is 10.2. The largest absolute Gasteiger partial charge is 0.321 e. The van der Waals surface area contributed by atoms with E-state index in [1.54, 1.807) is 49.5 Å². The van der Waals surface area contributed by atoms with Gasteiger partial charge in [-0.05, 0) is 37.3 Å². The summed E-state index contributed by atoms with van der Waals surface area (Å²) >= 11 is 0. The first-order valence-electron chi connectivity index (χ1n) is 8.32. The first-order chi connectivity index (χ1) is 13.5. The van der Waals surface area contributed by atoms with Crippen LogP contribution >= 0.6 is 0 Å². The molecular weight excluding hydrogens is 360 g/mol. The molecule has 0 saturated heterocycles. The third kappa shape index (κ3) is 4.18. The zero-order valence-corrected chi connectivity index (χ0v) is 14.9. The molecule has 2 amide bonds. The number of para-hydroxylation sites is 1. The highest BCUT2D eigenvalue weighted by molar-refractivity contribution is 6.12. The summed E-state index contributed by atoms with van der Waals surface area (Å²) in [7, 11) is 0. The lowest BCUT2D eigenvalue weighted by atomic mass is 10.1. The number of aromatic nitrogens is 1. The van der Waals surface area contributed by atoms with Gasteiger partial charge in [-0.3, -0.25) is 24.7 Å². The summed E-state index contributed by atoms with van der Waals surface area (Å²) in [6.07, 6.45) is 3.09. The number of amides is 2. The van der Waals surface area contributed by atoms with Gasteiger partial charge in [-0.25, -0.2) is 0 Å². The van der Waals surface area contributed by atoms with Gasteiger partial charge >= 0.3 is 0 Å². The number of nitrogens with zero attached hydrogens (tertiary/aromatic N) is 2. The smallest absolute Gasteiger partial charge is 0.273 e. The maximum atomic E-state index is 12.6. The molecule has 0 saturated carbocycles. The number of carbonyl (C=O) groups excluding carboxylic acids is 2. The second kappa shape index (κ2) is 8.09. The first kappa shape index (κ1) is 18.7. The number of rotatable bonds is 5. The van der Waals surface area contributed by atoms with Crippen molar-refractivity contribution in [3.05, 3.63) is 93.8 Å². The zero-order valence-electron chi connectivity index (χ0n) is 14.9. The van der Waals surface area contributed by atoms with Gasteiger partial charge < -0.3 is 10.6 Å². The summed E-state index contributed by atoms with van der Waals surface area (Å²) in [5.41, 5.74) is 1.49. The maximum absolute atomic E-state index is 12.6. The highest BCUT2D eigenvalue weighted by Crippen LogP contribution is 2.22. The average molecular weight is 376 g/mol. The van der Waals surface area contributed by atoms with E-state index in [4.69, 9.17) is 0 Å². The van der Waals surface area contributed by atoms with Gasteiger partial charge in [0.2, 0.25) is 0 Å². The Balaban J connectivity index is 1.83. The first-order valence-corrected chi connectivity index (χ1v) is 8.32. The highest BCUT2D eigenvalue weighted by Gasteiger charge is 2.17. The molecule has 8 nitrogen and oxygen atoms in total. The molecule has 3 aromatic rings. The number of anilines is 2. The monoisotopic (exact) mass is 376 g/mol. The van der Waals surface area contributed by atoms with Crippen LogP contribution in [0, 0.1) is 17.0 Å². The lowest BCUT2D eigenvalue weighted by Gasteiger charge is -2.11. The van der Waals surface area contributed by atoms with Gasteiger partial charge in [0.1, 0.15) is 0 Å². The number of nitro benzene ring substituents is 1. The summed E-state index contributed by atoms with van der Waals surface area (Å²) in [4.78, 5) is 39.6. The van der Waals surface area contributed by atoms with Crippen molar-refractivity contribution in [2.75, 3.05) is 10.6 Å². The number of hydrogen-bond acceptors (Lipinski definition) is 5. The van der Waals surface area contributed by atoms with E-state index in [-0.39, 0.29) is 22.5 Å². The lowest BCUT2D eigenvalue weighted by Crippen LogP contribution is -2.18. The fourth-order valence-electron chi connectivity index (χ4n) is 2.57. The van der Waals surface area contributed by atoms with Gasteiger partial charge in [0.25, 0.3) is 17.5 Å². The van der Waals surface area contributed by atoms with Crippen LogP contribution in [0.15, 0.2) is 67.0 Å². The molecule has 2 N–H and O–H groups in total. The lowest BCUT2D eigenvalue weighted by molar-refractivity contribution is -0.385. The van der Waals surface area contributed by atoms with Crippen LogP contribution in [0.2, 0.25) is 0 Å². The third-order valence-corrected chi connectivity index (χ3v) is 4.01. The molecule has 140 valence electrons. The maximum Gasteiger partial charge on any atom is 0.273 e. The van der Waals surface area contributed by atoms with Gasteiger partial charge in [-0.1, -0.05) is 18.2 Å². The van der Waals surface area contributed by atoms with Gasteiger partial charge in [0.15, 0.2) is 0 Å². The van der Waals surface area contributed by atoms with Crippen molar-refractivity contribution in [3.63, 3.8) is 0 Å². The van der Waals surface area contributed by atoms with Crippen molar-refractivity contribution in [1.82, 2.24) is 4.98 Å². The molecule has 2 aromatic carbocycles. The minimum atomic E-state index is -0.551. The van der Waals surface area contributed by atoms with Crippen LogP contribution in [0.5, 0.6) is 0 Å². The highest BCUT2D eigenvalue weighted by atomic mass is 16.6. The van der Waals surface area contributed by atoms with E-state index in [1.165, 1.54) is 24.4 Å². The Morgan fingerprint density at radius 2 is 1.79 bits per heavy atom. The molecule has 1 aromatic heterocycles. The molecule has 0 spiro atoms. The molecule has 0 fully saturated rings. The van der Waals surface area contributed by atoms with E-state index in [0.717, 1.165) is 0 Å². The number of nitrogens with one attached hydrogen (secondary N) is 2. The van der Waals surface area contributed by atoms with E-state index in [1.807, 2.05) is 0 Å². The fraction of sp³-hybridized carbons (Fsp3) is 0.0500. The number of nitro groups is 1. The van der Waals surface area contributed by atoms with Crippen LogP contribution in [-0.2, 0) is 0 Å². The van der Waals surface area contributed by atoms with Crippen LogP contribution in [0.4, 0.5) is 17.1 Å². The van der Waals surface area contributed by atoms with Gasteiger partial charge in [0.05, 0.1) is 28.1 Å². The molecular formula is C20H16N4O4. The molecule has 0 bridgehead atoms.